The Labute approximate surface area is 127 Å². The number of hydrogen-bond acceptors (Lipinski definition) is 5. The molecule has 21 heavy (non-hydrogen) atoms. The molecule has 0 radical (unpaired) electrons. The number of nitrogens with zero attached hydrogens (tertiary/aromatic N) is 3. The van der Waals surface area contributed by atoms with Gasteiger partial charge in [0.05, 0.1) is 5.75 Å². The first-order valence-electron chi connectivity index (χ1n) is 6.51. The molecule has 1 aromatic carbocycles. The number of amides is 1. The maximum atomic E-state index is 10.8. The Kier molecular flexibility index (Phi) is 4.85. The van der Waals surface area contributed by atoms with Crippen LogP contribution in [-0.4, -0.2) is 26.4 Å². The molecule has 0 saturated carbocycles. The number of primary amides is 1. The van der Waals surface area contributed by atoms with E-state index in [0.29, 0.717) is 11.0 Å². The number of aryl methyl sites for hydroxylation is 1. The Balaban J connectivity index is 2.07. The monoisotopic (exact) mass is 306 g/mol. The maximum Gasteiger partial charge on any atom is 0.227 e. The molecule has 0 bridgehead atoms. The molecule has 1 atom stereocenters. The lowest BCUT2D eigenvalue weighted by atomic mass is 10.2. The van der Waals surface area contributed by atoms with Crippen molar-refractivity contribution in [2.75, 3.05) is 5.75 Å². The summed E-state index contributed by atoms with van der Waals surface area (Å²) in [6, 6.07) is 7.83. The first-order valence-corrected chi connectivity index (χ1v) is 7.49. The molecule has 7 heteroatoms. The van der Waals surface area contributed by atoms with E-state index in [9.17, 15) is 4.79 Å². The lowest BCUT2D eigenvalue weighted by molar-refractivity contribution is -0.115. The predicted octanol–water partition coefficient (Wildman–Crippen LogP) is 1.84. The van der Waals surface area contributed by atoms with Crippen molar-refractivity contribution in [3.63, 3.8) is 0 Å². The third kappa shape index (κ3) is 3.98. The topological polar surface area (TPSA) is 83.0 Å². The number of benzene rings is 1. The molecule has 0 saturated heterocycles. The van der Waals surface area contributed by atoms with Gasteiger partial charge in [0.25, 0.3) is 0 Å². The smallest absolute Gasteiger partial charge is 0.227 e. The number of carbonyl (C=O) groups excluding carboxylic acids is 1. The van der Waals surface area contributed by atoms with Crippen molar-refractivity contribution in [2.24, 2.45) is 12.8 Å². The molecular weight excluding hydrogens is 288 g/mol. The zero-order chi connectivity index (χ0) is 15.4. The van der Waals surface area contributed by atoms with E-state index in [1.807, 2.05) is 49.7 Å². The molecule has 1 aromatic heterocycles. The highest BCUT2D eigenvalue weighted by molar-refractivity contribution is 7.99. The SMILES string of the molecule is Cc1ccc(OC(C)c2nnc(SCC(N)=O)n2C)cc1. The fourth-order valence-corrected chi connectivity index (χ4v) is 2.47. The Morgan fingerprint density at radius 2 is 2.05 bits per heavy atom. The number of aromatic nitrogens is 3. The zero-order valence-corrected chi connectivity index (χ0v) is 13.1. The molecule has 0 aliphatic rings. The van der Waals surface area contributed by atoms with Crippen molar-refractivity contribution in [1.29, 1.82) is 0 Å². The molecule has 1 amide bonds. The second kappa shape index (κ2) is 6.62. The van der Waals surface area contributed by atoms with Crippen molar-refractivity contribution >= 4 is 17.7 Å². The van der Waals surface area contributed by atoms with Crippen LogP contribution in [-0.2, 0) is 11.8 Å². The minimum Gasteiger partial charge on any atom is -0.483 e. The average Bonchev–Trinajstić information content (AvgIpc) is 2.80. The Morgan fingerprint density at radius 3 is 2.67 bits per heavy atom. The number of ether oxygens (including phenoxy) is 1. The molecule has 0 aliphatic carbocycles. The van der Waals surface area contributed by atoms with Gasteiger partial charge in [0.1, 0.15) is 5.75 Å². The van der Waals surface area contributed by atoms with Crippen LogP contribution >= 0.6 is 11.8 Å². The van der Waals surface area contributed by atoms with Crippen LogP contribution in [0.4, 0.5) is 0 Å². The molecule has 6 nitrogen and oxygen atoms in total. The summed E-state index contributed by atoms with van der Waals surface area (Å²) in [5.74, 6) is 1.28. The fourth-order valence-electron chi connectivity index (χ4n) is 1.82. The lowest BCUT2D eigenvalue weighted by Crippen LogP contribution is -2.14. The molecule has 0 fully saturated rings. The van der Waals surface area contributed by atoms with E-state index in [2.05, 4.69) is 10.2 Å². The number of nitrogens with two attached hydrogens (primary N) is 1. The highest BCUT2D eigenvalue weighted by Gasteiger charge is 2.17. The zero-order valence-electron chi connectivity index (χ0n) is 12.2. The van der Waals surface area contributed by atoms with Gasteiger partial charge >= 0.3 is 0 Å². The summed E-state index contributed by atoms with van der Waals surface area (Å²) in [6.07, 6.45) is -0.242. The van der Waals surface area contributed by atoms with E-state index in [1.165, 1.54) is 17.3 Å². The number of carbonyl (C=O) groups is 1. The van der Waals surface area contributed by atoms with Crippen molar-refractivity contribution < 1.29 is 9.53 Å². The summed E-state index contributed by atoms with van der Waals surface area (Å²) < 4.78 is 7.66. The summed E-state index contributed by atoms with van der Waals surface area (Å²) in [5.41, 5.74) is 6.31. The van der Waals surface area contributed by atoms with Crippen molar-refractivity contribution in [3.05, 3.63) is 35.7 Å². The number of rotatable bonds is 6. The molecule has 0 spiro atoms. The second-order valence-corrected chi connectivity index (χ2v) is 5.67. The largest absolute Gasteiger partial charge is 0.483 e. The van der Waals surface area contributed by atoms with Gasteiger partial charge in [-0.05, 0) is 26.0 Å². The van der Waals surface area contributed by atoms with Crippen LogP contribution in [0, 0.1) is 6.92 Å². The molecule has 2 N–H and O–H groups in total. The summed E-state index contributed by atoms with van der Waals surface area (Å²) in [4.78, 5) is 10.8. The Morgan fingerprint density at radius 1 is 1.38 bits per heavy atom. The first kappa shape index (κ1) is 15.4. The summed E-state index contributed by atoms with van der Waals surface area (Å²) >= 11 is 1.26. The first-order chi connectivity index (χ1) is 9.97. The Bertz CT molecular complexity index is 624. The van der Waals surface area contributed by atoms with Gasteiger partial charge in [0, 0.05) is 7.05 Å². The molecular formula is C14H18N4O2S. The highest BCUT2D eigenvalue weighted by atomic mass is 32.2. The third-order valence-electron chi connectivity index (χ3n) is 2.91. The van der Waals surface area contributed by atoms with E-state index >= 15 is 0 Å². The minimum atomic E-state index is -0.381. The molecule has 1 unspecified atom stereocenters. The van der Waals surface area contributed by atoms with E-state index < -0.39 is 0 Å². The van der Waals surface area contributed by atoms with Gasteiger partial charge in [0.15, 0.2) is 17.1 Å². The number of hydrogen-bond donors (Lipinski definition) is 1. The van der Waals surface area contributed by atoms with E-state index in [0.717, 1.165) is 5.75 Å². The number of thioether (sulfide) groups is 1. The quantitative estimate of drug-likeness (QED) is 0.823. The standard InChI is InChI=1S/C14H18N4O2S/c1-9-4-6-11(7-5-9)20-10(2)13-16-17-14(18(13)3)21-8-12(15)19/h4-7,10H,8H2,1-3H3,(H2,15,19). The van der Waals surface area contributed by atoms with Gasteiger partial charge in [-0.3, -0.25) is 4.79 Å². The van der Waals surface area contributed by atoms with Crippen LogP contribution in [0.3, 0.4) is 0 Å². The van der Waals surface area contributed by atoms with Crippen molar-refractivity contribution in [3.8, 4) is 5.75 Å². The highest BCUT2D eigenvalue weighted by Crippen LogP contribution is 2.23. The fraction of sp³-hybridized carbons (Fsp3) is 0.357. The lowest BCUT2D eigenvalue weighted by Gasteiger charge is -2.14. The van der Waals surface area contributed by atoms with Gasteiger partial charge < -0.3 is 15.0 Å². The van der Waals surface area contributed by atoms with Gasteiger partial charge in [-0.1, -0.05) is 29.5 Å². The molecule has 0 aliphatic heterocycles. The summed E-state index contributed by atoms with van der Waals surface area (Å²) in [5, 5.41) is 8.82. The summed E-state index contributed by atoms with van der Waals surface area (Å²) in [7, 11) is 1.84. The van der Waals surface area contributed by atoms with Crippen LogP contribution < -0.4 is 10.5 Å². The van der Waals surface area contributed by atoms with Crippen molar-refractivity contribution in [2.45, 2.75) is 25.1 Å². The van der Waals surface area contributed by atoms with E-state index in [1.54, 1.807) is 0 Å². The van der Waals surface area contributed by atoms with Gasteiger partial charge in [-0.25, -0.2) is 0 Å². The van der Waals surface area contributed by atoms with Crippen LogP contribution in [0.1, 0.15) is 24.4 Å². The van der Waals surface area contributed by atoms with Crippen molar-refractivity contribution in [1.82, 2.24) is 14.8 Å². The van der Waals surface area contributed by atoms with Gasteiger partial charge in [-0.2, -0.15) is 0 Å². The second-order valence-electron chi connectivity index (χ2n) is 4.73. The average molecular weight is 306 g/mol. The van der Waals surface area contributed by atoms with Crippen LogP contribution in [0.25, 0.3) is 0 Å². The molecule has 2 aromatic rings. The minimum absolute atomic E-state index is 0.180. The summed E-state index contributed by atoms with van der Waals surface area (Å²) in [6.45, 7) is 3.94. The maximum absolute atomic E-state index is 10.8. The molecule has 1 heterocycles. The van der Waals surface area contributed by atoms with Crippen LogP contribution in [0.2, 0.25) is 0 Å². The van der Waals surface area contributed by atoms with E-state index in [4.69, 9.17) is 10.5 Å². The molecule has 112 valence electrons. The van der Waals surface area contributed by atoms with Gasteiger partial charge in [-0.15, -0.1) is 10.2 Å². The Hall–Kier alpha value is -2.02. The van der Waals surface area contributed by atoms with E-state index in [-0.39, 0.29) is 17.8 Å². The van der Waals surface area contributed by atoms with Crippen LogP contribution in [0.15, 0.2) is 29.4 Å². The predicted molar refractivity (Wildman–Crippen MR) is 81.1 cm³/mol. The third-order valence-corrected chi connectivity index (χ3v) is 3.95. The van der Waals surface area contributed by atoms with Crippen LogP contribution in [0.5, 0.6) is 5.75 Å². The molecule has 2 rings (SSSR count). The van der Waals surface area contributed by atoms with Gasteiger partial charge in [0.2, 0.25) is 5.91 Å². The normalized spacial score (nSPS) is 12.1.